The van der Waals surface area contributed by atoms with Crippen LogP contribution in [0.25, 0.3) is 0 Å². The predicted molar refractivity (Wildman–Crippen MR) is 113 cm³/mol. The minimum atomic E-state index is -3.47. The van der Waals surface area contributed by atoms with Crippen LogP contribution in [0.4, 0.5) is 5.69 Å². The highest BCUT2D eigenvalue weighted by Gasteiger charge is 2.21. The zero-order valence-electron chi connectivity index (χ0n) is 17.0. The number of nitrogens with zero attached hydrogens (tertiary/aromatic N) is 2. The lowest BCUT2D eigenvalue weighted by Crippen LogP contribution is -2.28. The molecule has 1 heterocycles. The zero-order chi connectivity index (χ0) is 21.7. The van der Waals surface area contributed by atoms with Crippen LogP contribution in [-0.2, 0) is 14.8 Å². The van der Waals surface area contributed by atoms with Crippen LogP contribution in [0.1, 0.15) is 23.2 Å². The van der Waals surface area contributed by atoms with Gasteiger partial charge < -0.3 is 15.0 Å². The average molecular weight is 432 g/mol. The van der Waals surface area contributed by atoms with Crippen LogP contribution in [0.15, 0.2) is 53.4 Å². The van der Waals surface area contributed by atoms with Gasteiger partial charge in [0.25, 0.3) is 5.91 Å². The van der Waals surface area contributed by atoms with E-state index >= 15 is 0 Å². The Labute approximate surface area is 176 Å². The number of ether oxygens (including phenoxy) is 1. The van der Waals surface area contributed by atoms with Crippen molar-refractivity contribution in [3.8, 4) is 5.75 Å². The first kappa shape index (κ1) is 21.8. The zero-order valence-corrected chi connectivity index (χ0v) is 17.8. The first-order valence-corrected chi connectivity index (χ1v) is 11.1. The van der Waals surface area contributed by atoms with Crippen molar-refractivity contribution in [2.45, 2.75) is 17.7 Å². The van der Waals surface area contributed by atoms with Gasteiger partial charge in [-0.15, -0.1) is 0 Å². The molecule has 1 N–H and O–H groups in total. The van der Waals surface area contributed by atoms with Crippen LogP contribution < -0.4 is 15.0 Å². The summed E-state index contributed by atoms with van der Waals surface area (Å²) in [6.45, 7) is 1.25. The molecule has 9 heteroatoms. The highest BCUT2D eigenvalue weighted by atomic mass is 32.2. The SMILES string of the molecule is CN(C)S(=O)(=O)c1ccc(OCCNC(=O)c2ccc(N3CCCC3=O)cc2)cc1. The Kier molecular flexibility index (Phi) is 6.73. The summed E-state index contributed by atoms with van der Waals surface area (Å²) >= 11 is 0. The van der Waals surface area contributed by atoms with Crippen LogP contribution in [0.5, 0.6) is 5.75 Å². The van der Waals surface area contributed by atoms with Gasteiger partial charge in [0.2, 0.25) is 15.9 Å². The van der Waals surface area contributed by atoms with Gasteiger partial charge in [0.1, 0.15) is 12.4 Å². The van der Waals surface area contributed by atoms with Gasteiger partial charge in [-0.1, -0.05) is 0 Å². The topological polar surface area (TPSA) is 96.0 Å². The lowest BCUT2D eigenvalue weighted by molar-refractivity contribution is -0.117. The van der Waals surface area contributed by atoms with E-state index < -0.39 is 10.0 Å². The van der Waals surface area contributed by atoms with Crippen molar-refractivity contribution in [2.24, 2.45) is 0 Å². The molecule has 1 saturated heterocycles. The molecule has 0 spiro atoms. The van der Waals surface area contributed by atoms with E-state index in [1.54, 1.807) is 41.3 Å². The predicted octanol–water partition coefficient (Wildman–Crippen LogP) is 1.87. The molecule has 0 radical (unpaired) electrons. The summed E-state index contributed by atoms with van der Waals surface area (Å²) in [4.78, 5) is 26.0. The minimum Gasteiger partial charge on any atom is -0.492 e. The summed E-state index contributed by atoms with van der Waals surface area (Å²) < 4.78 is 30.8. The maximum atomic E-state index is 12.3. The fraction of sp³-hybridized carbons (Fsp3) is 0.333. The monoisotopic (exact) mass is 431 g/mol. The quantitative estimate of drug-likeness (QED) is 0.644. The standard InChI is InChI=1S/C21H25N3O5S/c1-23(2)30(27,28)19-11-9-18(10-12-19)29-15-13-22-21(26)16-5-7-17(8-6-16)24-14-3-4-20(24)25/h5-12H,3-4,13-15H2,1-2H3,(H,22,26). The third-order valence-corrected chi connectivity index (χ3v) is 6.60. The van der Waals surface area contributed by atoms with E-state index in [9.17, 15) is 18.0 Å². The molecule has 0 aliphatic carbocycles. The Morgan fingerprint density at radius 1 is 1.10 bits per heavy atom. The van der Waals surface area contributed by atoms with E-state index in [1.807, 2.05) is 0 Å². The van der Waals surface area contributed by atoms with Gasteiger partial charge in [-0.25, -0.2) is 12.7 Å². The number of rotatable bonds is 8. The lowest BCUT2D eigenvalue weighted by atomic mass is 10.2. The fourth-order valence-electron chi connectivity index (χ4n) is 3.07. The molecule has 2 amide bonds. The van der Waals surface area contributed by atoms with Crippen LogP contribution in [-0.4, -0.2) is 58.3 Å². The fourth-order valence-corrected chi connectivity index (χ4v) is 3.97. The van der Waals surface area contributed by atoms with Gasteiger partial charge in [-0.3, -0.25) is 9.59 Å². The van der Waals surface area contributed by atoms with E-state index in [4.69, 9.17) is 4.74 Å². The highest BCUT2D eigenvalue weighted by Crippen LogP contribution is 2.21. The summed E-state index contributed by atoms with van der Waals surface area (Å²) in [7, 11) is -0.525. The molecule has 1 aliphatic heterocycles. The molecular weight excluding hydrogens is 406 g/mol. The minimum absolute atomic E-state index is 0.108. The maximum Gasteiger partial charge on any atom is 0.251 e. The summed E-state index contributed by atoms with van der Waals surface area (Å²) in [5, 5.41) is 2.77. The van der Waals surface area contributed by atoms with Gasteiger partial charge in [-0.05, 0) is 55.0 Å². The first-order chi connectivity index (χ1) is 14.3. The highest BCUT2D eigenvalue weighted by molar-refractivity contribution is 7.89. The Balaban J connectivity index is 1.46. The van der Waals surface area contributed by atoms with Crippen LogP contribution in [0, 0.1) is 0 Å². The van der Waals surface area contributed by atoms with Crippen molar-refractivity contribution in [3.05, 3.63) is 54.1 Å². The number of carbonyl (C=O) groups is 2. The van der Waals surface area contributed by atoms with Crippen molar-refractivity contribution in [2.75, 3.05) is 38.7 Å². The van der Waals surface area contributed by atoms with Crippen molar-refractivity contribution in [1.82, 2.24) is 9.62 Å². The number of anilines is 1. The lowest BCUT2D eigenvalue weighted by Gasteiger charge is -2.16. The first-order valence-electron chi connectivity index (χ1n) is 9.63. The molecule has 2 aromatic rings. The van der Waals surface area contributed by atoms with Crippen molar-refractivity contribution in [1.29, 1.82) is 0 Å². The Morgan fingerprint density at radius 2 is 1.77 bits per heavy atom. The maximum absolute atomic E-state index is 12.3. The van der Waals surface area contributed by atoms with Crippen molar-refractivity contribution >= 4 is 27.5 Å². The van der Waals surface area contributed by atoms with Gasteiger partial charge in [0.15, 0.2) is 0 Å². The summed E-state index contributed by atoms with van der Waals surface area (Å²) in [6.07, 6.45) is 1.42. The van der Waals surface area contributed by atoms with E-state index in [1.165, 1.54) is 26.2 Å². The molecule has 1 fully saturated rings. The smallest absolute Gasteiger partial charge is 0.251 e. The Morgan fingerprint density at radius 3 is 2.33 bits per heavy atom. The molecule has 0 saturated carbocycles. The Bertz CT molecular complexity index is 1000. The molecule has 30 heavy (non-hydrogen) atoms. The second-order valence-corrected chi connectivity index (χ2v) is 9.21. The number of nitrogens with one attached hydrogen (secondary N) is 1. The molecular formula is C21H25N3O5S. The van der Waals surface area contributed by atoms with Gasteiger partial charge >= 0.3 is 0 Å². The molecule has 0 unspecified atom stereocenters. The number of sulfonamides is 1. The van der Waals surface area contributed by atoms with Crippen LogP contribution >= 0.6 is 0 Å². The summed E-state index contributed by atoms with van der Waals surface area (Å²) in [5.41, 5.74) is 1.31. The van der Waals surface area contributed by atoms with Crippen molar-refractivity contribution in [3.63, 3.8) is 0 Å². The summed E-state index contributed by atoms with van der Waals surface area (Å²) in [6, 6.07) is 13.1. The molecule has 8 nitrogen and oxygen atoms in total. The number of hydrogen-bond acceptors (Lipinski definition) is 5. The van der Waals surface area contributed by atoms with Gasteiger partial charge in [-0.2, -0.15) is 0 Å². The van der Waals surface area contributed by atoms with Gasteiger partial charge in [0, 0.05) is 38.3 Å². The normalized spacial score (nSPS) is 14.2. The van der Waals surface area contributed by atoms with Crippen molar-refractivity contribution < 1.29 is 22.7 Å². The second kappa shape index (κ2) is 9.27. The largest absolute Gasteiger partial charge is 0.492 e. The van der Waals surface area contributed by atoms with Gasteiger partial charge in [0.05, 0.1) is 11.4 Å². The van der Waals surface area contributed by atoms with E-state index in [-0.39, 0.29) is 23.3 Å². The third kappa shape index (κ3) is 4.98. The van der Waals surface area contributed by atoms with E-state index in [0.29, 0.717) is 30.8 Å². The second-order valence-electron chi connectivity index (χ2n) is 7.06. The average Bonchev–Trinajstić information content (AvgIpc) is 3.17. The molecule has 160 valence electrons. The van der Waals surface area contributed by atoms with Crippen LogP contribution in [0.3, 0.4) is 0 Å². The number of benzene rings is 2. The summed E-state index contributed by atoms with van der Waals surface area (Å²) in [5.74, 6) is 0.392. The molecule has 1 aliphatic rings. The molecule has 2 aromatic carbocycles. The molecule has 0 aromatic heterocycles. The Hall–Kier alpha value is -2.91. The van der Waals surface area contributed by atoms with Crippen LogP contribution in [0.2, 0.25) is 0 Å². The molecule has 0 bridgehead atoms. The van der Waals surface area contributed by atoms with E-state index in [2.05, 4.69) is 5.32 Å². The molecule has 3 rings (SSSR count). The third-order valence-electron chi connectivity index (χ3n) is 4.77. The number of hydrogen-bond donors (Lipinski definition) is 1. The number of carbonyl (C=O) groups excluding carboxylic acids is 2. The number of amides is 2. The van der Waals surface area contributed by atoms with E-state index in [0.717, 1.165) is 16.4 Å². The molecule has 0 atom stereocenters.